The number of nitro benzene ring substituents is 1. The number of amides is 1. The van der Waals surface area contributed by atoms with E-state index >= 15 is 0 Å². The van der Waals surface area contributed by atoms with Gasteiger partial charge in [-0.25, -0.2) is 0 Å². The third-order valence-electron chi connectivity index (χ3n) is 5.88. The van der Waals surface area contributed by atoms with Gasteiger partial charge in [0.2, 0.25) is 5.91 Å². The number of non-ortho nitro benzene ring substituents is 1. The third-order valence-corrected chi connectivity index (χ3v) is 7.49. The average molecular weight is 606 g/mol. The molecular weight excluding hydrogens is 585 g/mol. The van der Waals surface area contributed by atoms with Crippen LogP contribution < -0.4 is 10.1 Å². The van der Waals surface area contributed by atoms with Crippen LogP contribution in [0.5, 0.6) is 11.5 Å². The van der Waals surface area contributed by atoms with Crippen molar-refractivity contribution in [3.8, 4) is 28.6 Å². The summed E-state index contributed by atoms with van der Waals surface area (Å²) in [5.41, 5.74) is 1.65. The number of hydrogen-bond donors (Lipinski definition) is 1. The first kappa shape index (κ1) is 28.2. The SMILES string of the molecule is CC(Sc1nnc(-c2ccc(Cl)cc2)n1-c1ccc(Oc2ccccc2)cc1)C(=O)Nc1ccc([N+](=O)[O-])cc1Cl. The van der Waals surface area contributed by atoms with Crippen LogP contribution in [0.3, 0.4) is 0 Å². The number of anilines is 1. The van der Waals surface area contributed by atoms with Crippen LogP contribution in [0.15, 0.2) is 102 Å². The molecule has 0 fully saturated rings. The molecule has 0 aliphatic rings. The number of carbonyl (C=O) groups is 1. The molecule has 5 aromatic rings. The third kappa shape index (κ3) is 6.68. The number of ether oxygens (including phenoxy) is 1. The topological polar surface area (TPSA) is 112 Å². The van der Waals surface area contributed by atoms with E-state index in [0.717, 1.165) is 17.0 Å². The van der Waals surface area contributed by atoms with Gasteiger partial charge in [-0.3, -0.25) is 19.5 Å². The number of nitro groups is 1. The zero-order chi connectivity index (χ0) is 28.9. The van der Waals surface area contributed by atoms with E-state index in [1.54, 1.807) is 19.1 Å². The van der Waals surface area contributed by atoms with Crippen LogP contribution in [-0.4, -0.2) is 30.8 Å². The van der Waals surface area contributed by atoms with Crippen molar-refractivity contribution >= 4 is 52.2 Å². The van der Waals surface area contributed by atoms with Gasteiger partial charge >= 0.3 is 0 Å². The normalized spacial score (nSPS) is 11.6. The maximum atomic E-state index is 13.1. The van der Waals surface area contributed by atoms with Crippen LogP contribution in [0.1, 0.15) is 6.92 Å². The molecule has 0 aliphatic carbocycles. The van der Waals surface area contributed by atoms with Crippen molar-refractivity contribution in [2.45, 2.75) is 17.3 Å². The first-order valence-electron chi connectivity index (χ1n) is 12.2. The highest BCUT2D eigenvalue weighted by Crippen LogP contribution is 2.33. The number of carbonyl (C=O) groups excluding carboxylic acids is 1. The molecule has 41 heavy (non-hydrogen) atoms. The second kappa shape index (κ2) is 12.4. The second-order valence-electron chi connectivity index (χ2n) is 8.73. The van der Waals surface area contributed by atoms with Gasteiger partial charge in [-0.05, 0) is 73.7 Å². The van der Waals surface area contributed by atoms with Crippen molar-refractivity contribution < 1.29 is 14.5 Å². The van der Waals surface area contributed by atoms with E-state index in [-0.39, 0.29) is 22.3 Å². The molecule has 0 aliphatic heterocycles. The predicted molar refractivity (Wildman–Crippen MR) is 160 cm³/mol. The standard InChI is InChI=1S/C29H21Cl2N5O4S/c1-18(28(37)32-26-16-13-22(36(38)39)17-25(26)31)41-29-34-33-27(19-7-9-20(30)10-8-19)35(29)21-11-14-24(15-12-21)40-23-5-3-2-4-6-23/h2-18H,1H3,(H,32,37). The summed E-state index contributed by atoms with van der Waals surface area (Å²) in [5.74, 6) is 1.57. The van der Waals surface area contributed by atoms with Crippen LogP contribution in [0, 0.1) is 10.1 Å². The molecule has 1 amide bonds. The molecule has 0 saturated heterocycles. The van der Waals surface area contributed by atoms with Gasteiger partial charge in [0.05, 0.1) is 20.9 Å². The van der Waals surface area contributed by atoms with Gasteiger partial charge in [0.25, 0.3) is 5.69 Å². The highest BCUT2D eigenvalue weighted by Gasteiger charge is 2.23. The van der Waals surface area contributed by atoms with Crippen LogP contribution >= 0.6 is 35.0 Å². The van der Waals surface area contributed by atoms with Gasteiger partial charge in [-0.1, -0.05) is 53.2 Å². The summed E-state index contributed by atoms with van der Waals surface area (Å²) in [6.07, 6.45) is 0. The zero-order valence-corrected chi connectivity index (χ0v) is 23.7. The minimum atomic E-state index is -0.622. The number of para-hydroxylation sites is 1. The maximum absolute atomic E-state index is 13.1. The number of rotatable bonds is 9. The Morgan fingerprint density at radius 1 is 0.951 bits per heavy atom. The van der Waals surface area contributed by atoms with E-state index in [1.165, 1.54) is 30.0 Å². The molecule has 1 atom stereocenters. The van der Waals surface area contributed by atoms with E-state index in [2.05, 4.69) is 15.5 Å². The number of nitrogens with zero attached hydrogens (tertiary/aromatic N) is 4. The number of hydrogen-bond acceptors (Lipinski definition) is 7. The molecule has 0 radical (unpaired) electrons. The minimum Gasteiger partial charge on any atom is -0.457 e. The van der Waals surface area contributed by atoms with Gasteiger partial charge in [-0.15, -0.1) is 10.2 Å². The summed E-state index contributed by atoms with van der Waals surface area (Å²) in [5, 5.41) is 23.0. The van der Waals surface area contributed by atoms with Crippen molar-refractivity contribution in [2.24, 2.45) is 0 Å². The van der Waals surface area contributed by atoms with Gasteiger partial charge in [0.15, 0.2) is 11.0 Å². The first-order chi connectivity index (χ1) is 19.8. The molecule has 4 aromatic carbocycles. The fourth-order valence-electron chi connectivity index (χ4n) is 3.82. The maximum Gasteiger partial charge on any atom is 0.271 e. The van der Waals surface area contributed by atoms with E-state index in [9.17, 15) is 14.9 Å². The van der Waals surface area contributed by atoms with Crippen molar-refractivity contribution in [2.75, 3.05) is 5.32 Å². The fraction of sp³-hybridized carbons (Fsp3) is 0.0690. The molecule has 9 nitrogen and oxygen atoms in total. The van der Waals surface area contributed by atoms with Gasteiger partial charge in [0, 0.05) is 28.4 Å². The monoisotopic (exact) mass is 605 g/mol. The minimum absolute atomic E-state index is 0.0655. The molecule has 1 aromatic heterocycles. The molecule has 0 bridgehead atoms. The Labute approximate surface area is 249 Å². The summed E-state index contributed by atoms with van der Waals surface area (Å²) >= 11 is 13.5. The second-order valence-corrected chi connectivity index (χ2v) is 10.9. The molecule has 206 valence electrons. The molecule has 1 N–H and O–H groups in total. The summed E-state index contributed by atoms with van der Waals surface area (Å²) in [7, 11) is 0. The predicted octanol–water partition coefficient (Wildman–Crippen LogP) is 8.06. The molecular formula is C29H21Cl2N5O4S. The Balaban J connectivity index is 1.42. The number of thioether (sulfide) groups is 1. The summed E-state index contributed by atoms with van der Waals surface area (Å²) in [4.78, 5) is 23.5. The highest BCUT2D eigenvalue weighted by molar-refractivity contribution is 8.00. The lowest BCUT2D eigenvalue weighted by Gasteiger charge is -2.15. The van der Waals surface area contributed by atoms with Crippen LogP contribution in [0.4, 0.5) is 11.4 Å². The number of halogens is 2. The van der Waals surface area contributed by atoms with Crippen molar-refractivity contribution in [1.29, 1.82) is 0 Å². The average Bonchev–Trinajstić information content (AvgIpc) is 3.38. The van der Waals surface area contributed by atoms with Gasteiger partial charge in [-0.2, -0.15) is 0 Å². The van der Waals surface area contributed by atoms with E-state index in [0.29, 0.717) is 21.8 Å². The quantitative estimate of drug-likeness (QED) is 0.103. The first-order valence-corrected chi connectivity index (χ1v) is 13.9. The summed E-state index contributed by atoms with van der Waals surface area (Å²) < 4.78 is 7.78. The van der Waals surface area contributed by atoms with Crippen LogP contribution in [0.2, 0.25) is 10.0 Å². The van der Waals surface area contributed by atoms with E-state index < -0.39 is 10.2 Å². The molecule has 12 heteroatoms. The van der Waals surface area contributed by atoms with Gasteiger partial charge in [0.1, 0.15) is 11.5 Å². The Kier molecular flexibility index (Phi) is 8.53. The Bertz CT molecular complexity index is 1700. The molecule has 1 heterocycles. The molecule has 0 saturated carbocycles. The largest absolute Gasteiger partial charge is 0.457 e. The molecule has 1 unspecified atom stereocenters. The fourth-order valence-corrected chi connectivity index (χ4v) is 5.03. The van der Waals surface area contributed by atoms with Gasteiger partial charge < -0.3 is 10.1 Å². The zero-order valence-electron chi connectivity index (χ0n) is 21.4. The number of benzene rings is 4. The Morgan fingerprint density at radius 2 is 1.63 bits per heavy atom. The smallest absolute Gasteiger partial charge is 0.271 e. The Hall–Kier alpha value is -4.38. The molecule has 5 rings (SSSR count). The lowest BCUT2D eigenvalue weighted by Crippen LogP contribution is -2.23. The summed E-state index contributed by atoms with van der Waals surface area (Å²) in [6.45, 7) is 1.72. The summed E-state index contributed by atoms with van der Waals surface area (Å²) in [6, 6.07) is 28.0. The Morgan fingerprint density at radius 3 is 2.29 bits per heavy atom. The van der Waals surface area contributed by atoms with E-state index in [1.807, 2.05) is 71.3 Å². The highest BCUT2D eigenvalue weighted by atomic mass is 35.5. The molecule has 0 spiro atoms. The van der Waals surface area contributed by atoms with Crippen molar-refractivity contribution in [1.82, 2.24) is 14.8 Å². The van der Waals surface area contributed by atoms with E-state index in [4.69, 9.17) is 27.9 Å². The van der Waals surface area contributed by atoms with Crippen molar-refractivity contribution in [3.63, 3.8) is 0 Å². The number of nitrogens with one attached hydrogen (secondary N) is 1. The van der Waals surface area contributed by atoms with Crippen LogP contribution in [0.25, 0.3) is 17.1 Å². The number of aromatic nitrogens is 3. The van der Waals surface area contributed by atoms with Crippen molar-refractivity contribution in [3.05, 3.63) is 117 Å². The lowest BCUT2D eigenvalue weighted by molar-refractivity contribution is -0.384. The lowest BCUT2D eigenvalue weighted by atomic mass is 10.2. The van der Waals surface area contributed by atoms with Crippen LogP contribution in [-0.2, 0) is 4.79 Å².